The van der Waals surface area contributed by atoms with Crippen LogP contribution in [0.25, 0.3) is 0 Å². The van der Waals surface area contributed by atoms with E-state index in [1.165, 1.54) is 29.5 Å². The quantitative estimate of drug-likeness (QED) is 0.753. The van der Waals surface area contributed by atoms with Crippen molar-refractivity contribution in [3.8, 4) is 0 Å². The molecule has 0 bridgehead atoms. The summed E-state index contributed by atoms with van der Waals surface area (Å²) in [7, 11) is 6.40. The van der Waals surface area contributed by atoms with Crippen LogP contribution in [0, 0.1) is 6.92 Å². The standard InChI is InChI=1S/C17H30N2/c1-13(2)15-10-9-14(3)16(12-15)17(19(5)6)8-7-11-18-4/h9-10,12-13,17-18H,7-8,11H2,1-6H3. The van der Waals surface area contributed by atoms with Gasteiger partial charge in [0.25, 0.3) is 0 Å². The molecule has 1 unspecified atom stereocenters. The van der Waals surface area contributed by atoms with E-state index in [9.17, 15) is 0 Å². The number of rotatable bonds is 7. The Morgan fingerprint density at radius 1 is 1.21 bits per heavy atom. The van der Waals surface area contributed by atoms with E-state index in [2.05, 4.69) is 63.3 Å². The molecule has 0 saturated heterocycles. The Morgan fingerprint density at radius 3 is 2.42 bits per heavy atom. The van der Waals surface area contributed by atoms with Gasteiger partial charge in [0.1, 0.15) is 0 Å². The van der Waals surface area contributed by atoms with E-state index in [4.69, 9.17) is 0 Å². The predicted octanol–water partition coefficient (Wildman–Crippen LogP) is 3.72. The van der Waals surface area contributed by atoms with Crippen molar-refractivity contribution in [1.29, 1.82) is 0 Å². The molecule has 0 aromatic heterocycles. The minimum absolute atomic E-state index is 0.520. The predicted molar refractivity (Wildman–Crippen MR) is 84.9 cm³/mol. The zero-order chi connectivity index (χ0) is 14.4. The highest BCUT2D eigenvalue weighted by Gasteiger charge is 2.16. The van der Waals surface area contributed by atoms with Gasteiger partial charge in [-0.25, -0.2) is 0 Å². The molecule has 0 aliphatic carbocycles. The zero-order valence-corrected chi connectivity index (χ0v) is 13.5. The van der Waals surface area contributed by atoms with Crippen molar-refractivity contribution < 1.29 is 0 Å². The maximum atomic E-state index is 3.24. The average molecular weight is 262 g/mol. The summed E-state index contributed by atoms with van der Waals surface area (Å²) in [5.41, 5.74) is 4.35. The van der Waals surface area contributed by atoms with Crippen molar-refractivity contribution in [2.45, 2.75) is 45.6 Å². The lowest BCUT2D eigenvalue weighted by Gasteiger charge is -2.27. The van der Waals surface area contributed by atoms with Gasteiger partial charge in [-0.05, 0) is 70.1 Å². The fourth-order valence-electron chi connectivity index (χ4n) is 2.54. The molecule has 1 aromatic rings. The lowest BCUT2D eigenvalue weighted by Crippen LogP contribution is -2.22. The maximum absolute atomic E-state index is 3.24. The van der Waals surface area contributed by atoms with Gasteiger partial charge < -0.3 is 10.2 Å². The van der Waals surface area contributed by atoms with Gasteiger partial charge >= 0.3 is 0 Å². The van der Waals surface area contributed by atoms with Crippen molar-refractivity contribution in [2.75, 3.05) is 27.7 Å². The van der Waals surface area contributed by atoms with Crippen LogP contribution in [0.4, 0.5) is 0 Å². The van der Waals surface area contributed by atoms with Crippen LogP contribution in [0.15, 0.2) is 18.2 Å². The van der Waals surface area contributed by atoms with Crippen molar-refractivity contribution in [1.82, 2.24) is 10.2 Å². The summed E-state index contributed by atoms with van der Waals surface area (Å²) in [5.74, 6) is 0.597. The van der Waals surface area contributed by atoms with E-state index in [0.29, 0.717) is 12.0 Å². The molecule has 0 aliphatic rings. The molecule has 1 atom stereocenters. The Morgan fingerprint density at radius 2 is 1.89 bits per heavy atom. The van der Waals surface area contributed by atoms with Crippen LogP contribution in [0.2, 0.25) is 0 Å². The lowest BCUT2D eigenvalue weighted by atomic mass is 9.91. The number of nitrogens with zero attached hydrogens (tertiary/aromatic N) is 1. The third-order valence-electron chi connectivity index (χ3n) is 3.86. The van der Waals surface area contributed by atoms with E-state index >= 15 is 0 Å². The third kappa shape index (κ3) is 4.63. The summed E-state index contributed by atoms with van der Waals surface area (Å²) >= 11 is 0. The summed E-state index contributed by atoms with van der Waals surface area (Å²) in [6.07, 6.45) is 2.42. The van der Waals surface area contributed by atoms with Gasteiger partial charge in [-0.3, -0.25) is 0 Å². The Bertz CT molecular complexity index is 383. The van der Waals surface area contributed by atoms with E-state index in [-0.39, 0.29) is 0 Å². The molecular weight excluding hydrogens is 232 g/mol. The molecule has 19 heavy (non-hydrogen) atoms. The Balaban J connectivity index is 2.97. The van der Waals surface area contributed by atoms with Gasteiger partial charge in [0.2, 0.25) is 0 Å². The largest absolute Gasteiger partial charge is 0.320 e. The number of nitrogens with one attached hydrogen (secondary N) is 1. The first-order valence-corrected chi connectivity index (χ1v) is 7.38. The highest BCUT2D eigenvalue weighted by molar-refractivity contribution is 5.35. The second-order valence-electron chi connectivity index (χ2n) is 6.00. The molecule has 1 rings (SSSR count). The molecule has 1 aromatic carbocycles. The Kier molecular flexibility index (Phi) is 6.53. The smallest absolute Gasteiger partial charge is 0.0345 e. The average Bonchev–Trinajstić information content (AvgIpc) is 2.35. The minimum Gasteiger partial charge on any atom is -0.320 e. The van der Waals surface area contributed by atoms with Crippen LogP contribution in [0.1, 0.15) is 55.3 Å². The first-order valence-electron chi connectivity index (χ1n) is 7.38. The van der Waals surface area contributed by atoms with Crippen LogP contribution in [0.5, 0.6) is 0 Å². The molecule has 0 heterocycles. The van der Waals surface area contributed by atoms with Crippen molar-refractivity contribution >= 4 is 0 Å². The fraction of sp³-hybridized carbons (Fsp3) is 0.647. The molecule has 0 saturated carbocycles. The zero-order valence-electron chi connectivity index (χ0n) is 13.5. The van der Waals surface area contributed by atoms with Crippen LogP contribution >= 0.6 is 0 Å². The number of hydrogen-bond acceptors (Lipinski definition) is 2. The first-order chi connectivity index (χ1) is 8.97. The molecule has 2 heteroatoms. The van der Waals surface area contributed by atoms with E-state index < -0.39 is 0 Å². The molecule has 0 aliphatic heterocycles. The maximum Gasteiger partial charge on any atom is 0.0345 e. The van der Waals surface area contributed by atoms with Gasteiger partial charge in [0, 0.05) is 6.04 Å². The second kappa shape index (κ2) is 7.66. The van der Waals surface area contributed by atoms with E-state index in [1.54, 1.807) is 0 Å². The summed E-state index contributed by atoms with van der Waals surface area (Å²) in [6.45, 7) is 7.85. The van der Waals surface area contributed by atoms with Gasteiger partial charge in [-0.2, -0.15) is 0 Å². The normalized spacial score (nSPS) is 13.3. The van der Waals surface area contributed by atoms with Gasteiger partial charge in [0.15, 0.2) is 0 Å². The Labute approximate surface area is 119 Å². The topological polar surface area (TPSA) is 15.3 Å². The van der Waals surface area contributed by atoms with Crippen LogP contribution < -0.4 is 5.32 Å². The van der Waals surface area contributed by atoms with E-state index in [0.717, 1.165) is 6.54 Å². The summed E-state index contributed by atoms with van der Waals surface area (Å²) < 4.78 is 0. The summed E-state index contributed by atoms with van der Waals surface area (Å²) in [5, 5.41) is 3.24. The number of benzene rings is 1. The molecule has 2 nitrogen and oxygen atoms in total. The SMILES string of the molecule is CNCCCC(c1cc(C(C)C)ccc1C)N(C)C. The molecule has 0 spiro atoms. The number of hydrogen-bond donors (Lipinski definition) is 1. The van der Waals surface area contributed by atoms with Crippen molar-refractivity contribution in [2.24, 2.45) is 0 Å². The van der Waals surface area contributed by atoms with Gasteiger partial charge in [-0.15, -0.1) is 0 Å². The summed E-state index contributed by atoms with van der Waals surface area (Å²) in [4.78, 5) is 2.35. The molecule has 0 fully saturated rings. The lowest BCUT2D eigenvalue weighted by molar-refractivity contribution is 0.278. The fourth-order valence-corrected chi connectivity index (χ4v) is 2.54. The van der Waals surface area contributed by atoms with Gasteiger partial charge in [0.05, 0.1) is 0 Å². The highest BCUT2D eigenvalue weighted by atomic mass is 15.1. The van der Waals surface area contributed by atoms with Crippen molar-refractivity contribution in [3.05, 3.63) is 34.9 Å². The second-order valence-corrected chi connectivity index (χ2v) is 6.00. The molecule has 0 amide bonds. The number of aryl methyl sites for hydroxylation is 1. The van der Waals surface area contributed by atoms with Crippen LogP contribution in [-0.2, 0) is 0 Å². The van der Waals surface area contributed by atoms with Crippen LogP contribution in [-0.4, -0.2) is 32.6 Å². The molecule has 108 valence electrons. The van der Waals surface area contributed by atoms with Crippen LogP contribution in [0.3, 0.4) is 0 Å². The van der Waals surface area contributed by atoms with E-state index in [1.807, 2.05) is 7.05 Å². The third-order valence-corrected chi connectivity index (χ3v) is 3.86. The summed E-state index contributed by atoms with van der Waals surface area (Å²) in [6, 6.07) is 7.47. The first kappa shape index (κ1) is 16.2. The van der Waals surface area contributed by atoms with Gasteiger partial charge in [-0.1, -0.05) is 32.0 Å². The Hall–Kier alpha value is -0.860. The minimum atomic E-state index is 0.520. The molecule has 0 radical (unpaired) electrons. The molecule has 1 N–H and O–H groups in total. The highest BCUT2D eigenvalue weighted by Crippen LogP contribution is 2.29. The van der Waals surface area contributed by atoms with Crippen molar-refractivity contribution in [3.63, 3.8) is 0 Å². The monoisotopic (exact) mass is 262 g/mol. The molecular formula is C17H30N2.